The Labute approximate surface area is 114 Å². The molecule has 0 bridgehead atoms. The van der Waals surface area contributed by atoms with Crippen molar-refractivity contribution < 1.29 is 17.9 Å². The number of sulfonamides is 1. The van der Waals surface area contributed by atoms with Gasteiger partial charge in [0.1, 0.15) is 11.9 Å². The van der Waals surface area contributed by atoms with Gasteiger partial charge in [-0.3, -0.25) is 4.79 Å². The van der Waals surface area contributed by atoms with Gasteiger partial charge in [0.15, 0.2) is 0 Å². The predicted molar refractivity (Wildman–Crippen MR) is 71.7 cm³/mol. The average Bonchev–Trinajstić information content (AvgIpc) is 2.53. The molecule has 1 aliphatic carbocycles. The van der Waals surface area contributed by atoms with E-state index >= 15 is 0 Å². The smallest absolute Gasteiger partial charge is 0.306 e. The minimum atomic E-state index is -3.61. The van der Waals surface area contributed by atoms with Crippen LogP contribution in [0.1, 0.15) is 46.0 Å². The molecule has 2 N–H and O–H groups in total. The van der Waals surface area contributed by atoms with Crippen molar-refractivity contribution >= 4 is 16.0 Å². The van der Waals surface area contributed by atoms with Crippen LogP contribution in [0.15, 0.2) is 0 Å². The van der Waals surface area contributed by atoms with Crippen LogP contribution in [-0.4, -0.2) is 26.2 Å². The standard InChI is InChI=1S/C13H23NO4S/c1-9(2)10-3-5-13(6-4-10)7-12(15)18-11(13)8-19(14,16)17/h9-11H,3-8H2,1-2H3,(H2,14,16,17). The number of carbonyl (C=O) groups is 1. The maximum Gasteiger partial charge on any atom is 0.306 e. The molecule has 0 aromatic heterocycles. The molecule has 2 fully saturated rings. The number of primary sulfonamides is 1. The first-order chi connectivity index (χ1) is 8.72. The zero-order chi connectivity index (χ0) is 14.3. The van der Waals surface area contributed by atoms with Gasteiger partial charge in [-0.05, 0) is 37.5 Å². The fourth-order valence-corrected chi connectivity index (χ4v) is 4.37. The molecule has 1 saturated carbocycles. The number of cyclic esters (lactones) is 1. The first kappa shape index (κ1) is 14.8. The first-order valence-corrected chi connectivity index (χ1v) is 8.63. The number of carbonyl (C=O) groups excluding carboxylic acids is 1. The van der Waals surface area contributed by atoms with Crippen molar-refractivity contribution in [3.63, 3.8) is 0 Å². The van der Waals surface area contributed by atoms with Crippen molar-refractivity contribution in [2.45, 2.75) is 52.1 Å². The molecular formula is C13H23NO4S. The monoisotopic (exact) mass is 289 g/mol. The third kappa shape index (κ3) is 3.28. The summed E-state index contributed by atoms with van der Waals surface area (Å²) in [7, 11) is -3.61. The summed E-state index contributed by atoms with van der Waals surface area (Å²) in [5.41, 5.74) is -0.297. The van der Waals surface area contributed by atoms with E-state index in [2.05, 4.69) is 13.8 Å². The number of esters is 1. The molecule has 0 aromatic rings. The molecule has 1 spiro atoms. The molecule has 1 aliphatic heterocycles. The Hall–Kier alpha value is -0.620. The van der Waals surface area contributed by atoms with E-state index in [0.29, 0.717) is 18.3 Å². The third-order valence-corrected chi connectivity index (χ3v) is 5.57. The van der Waals surface area contributed by atoms with Gasteiger partial charge in [-0.25, -0.2) is 13.6 Å². The molecule has 0 radical (unpaired) electrons. The maximum absolute atomic E-state index is 11.6. The van der Waals surface area contributed by atoms with Crippen molar-refractivity contribution in [3.8, 4) is 0 Å². The highest BCUT2D eigenvalue weighted by Crippen LogP contribution is 2.50. The van der Waals surface area contributed by atoms with Crippen molar-refractivity contribution in [2.24, 2.45) is 22.4 Å². The Balaban J connectivity index is 2.11. The molecule has 1 unspecified atom stereocenters. The quantitative estimate of drug-likeness (QED) is 0.796. The van der Waals surface area contributed by atoms with E-state index in [-0.39, 0.29) is 17.1 Å². The van der Waals surface area contributed by atoms with Crippen molar-refractivity contribution in [1.29, 1.82) is 0 Å². The number of hydrogen-bond acceptors (Lipinski definition) is 4. The molecule has 1 saturated heterocycles. The van der Waals surface area contributed by atoms with Gasteiger partial charge in [0.2, 0.25) is 10.0 Å². The maximum atomic E-state index is 11.6. The lowest BCUT2D eigenvalue weighted by Gasteiger charge is -2.40. The summed E-state index contributed by atoms with van der Waals surface area (Å²) in [6, 6.07) is 0. The molecule has 5 nitrogen and oxygen atoms in total. The summed E-state index contributed by atoms with van der Waals surface area (Å²) in [6.07, 6.45) is 3.59. The number of ether oxygens (including phenoxy) is 1. The van der Waals surface area contributed by atoms with E-state index in [1.165, 1.54) is 0 Å². The van der Waals surface area contributed by atoms with Crippen LogP contribution in [0.4, 0.5) is 0 Å². The zero-order valence-electron chi connectivity index (χ0n) is 11.6. The van der Waals surface area contributed by atoms with Gasteiger partial charge in [0.25, 0.3) is 0 Å². The summed E-state index contributed by atoms with van der Waals surface area (Å²) in [6.45, 7) is 4.42. The fraction of sp³-hybridized carbons (Fsp3) is 0.923. The van der Waals surface area contributed by atoms with E-state index in [9.17, 15) is 13.2 Å². The predicted octanol–water partition coefficient (Wildman–Crippen LogP) is 1.42. The molecule has 110 valence electrons. The first-order valence-electron chi connectivity index (χ1n) is 6.92. The normalized spacial score (nSPS) is 35.9. The summed E-state index contributed by atoms with van der Waals surface area (Å²) < 4.78 is 27.8. The summed E-state index contributed by atoms with van der Waals surface area (Å²) >= 11 is 0. The molecule has 1 heterocycles. The molecule has 2 aliphatic rings. The topological polar surface area (TPSA) is 86.5 Å². The van der Waals surface area contributed by atoms with Crippen LogP contribution >= 0.6 is 0 Å². The average molecular weight is 289 g/mol. The minimum Gasteiger partial charge on any atom is -0.461 e. The van der Waals surface area contributed by atoms with Gasteiger partial charge in [-0.1, -0.05) is 13.8 Å². The highest BCUT2D eigenvalue weighted by Gasteiger charge is 2.51. The van der Waals surface area contributed by atoms with E-state index in [0.717, 1.165) is 25.7 Å². The fourth-order valence-electron chi connectivity index (χ4n) is 3.53. The molecule has 2 rings (SSSR count). The molecule has 0 aromatic carbocycles. The summed E-state index contributed by atoms with van der Waals surface area (Å²) in [5.74, 6) is 0.769. The summed E-state index contributed by atoms with van der Waals surface area (Å²) in [5, 5.41) is 5.11. The van der Waals surface area contributed by atoms with Crippen LogP contribution in [0.5, 0.6) is 0 Å². The molecule has 1 atom stereocenters. The van der Waals surface area contributed by atoms with Crippen molar-refractivity contribution in [1.82, 2.24) is 0 Å². The van der Waals surface area contributed by atoms with E-state index < -0.39 is 16.1 Å². The Bertz CT molecular complexity index is 449. The van der Waals surface area contributed by atoms with Crippen LogP contribution in [0, 0.1) is 17.3 Å². The largest absolute Gasteiger partial charge is 0.461 e. The molecule has 6 heteroatoms. The van der Waals surface area contributed by atoms with Gasteiger partial charge in [0, 0.05) is 5.41 Å². The second-order valence-electron chi connectivity index (χ2n) is 6.43. The van der Waals surface area contributed by atoms with Gasteiger partial charge in [-0.2, -0.15) is 0 Å². The lowest BCUT2D eigenvalue weighted by Crippen LogP contribution is -2.41. The molecular weight excluding hydrogens is 266 g/mol. The van der Waals surface area contributed by atoms with Gasteiger partial charge >= 0.3 is 5.97 Å². The van der Waals surface area contributed by atoms with Crippen LogP contribution in [0.2, 0.25) is 0 Å². The van der Waals surface area contributed by atoms with Crippen molar-refractivity contribution in [2.75, 3.05) is 5.75 Å². The van der Waals surface area contributed by atoms with Crippen molar-refractivity contribution in [3.05, 3.63) is 0 Å². The Kier molecular flexibility index (Phi) is 3.93. The second-order valence-corrected chi connectivity index (χ2v) is 8.09. The Morgan fingerprint density at radius 2 is 1.95 bits per heavy atom. The number of nitrogens with two attached hydrogens (primary N) is 1. The number of rotatable bonds is 3. The Morgan fingerprint density at radius 1 is 1.37 bits per heavy atom. The summed E-state index contributed by atoms with van der Waals surface area (Å²) in [4.78, 5) is 11.6. The van der Waals surface area contributed by atoms with E-state index in [4.69, 9.17) is 9.88 Å². The molecule has 19 heavy (non-hydrogen) atoms. The van der Waals surface area contributed by atoms with E-state index in [1.807, 2.05) is 0 Å². The third-order valence-electron chi connectivity index (χ3n) is 4.81. The highest BCUT2D eigenvalue weighted by atomic mass is 32.2. The Morgan fingerprint density at radius 3 is 2.42 bits per heavy atom. The lowest BCUT2D eigenvalue weighted by molar-refractivity contribution is -0.141. The SMILES string of the molecule is CC(C)C1CCC2(CC1)CC(=O)OC2CS(N)(=O)=O. The second kappa shape index (κ2) is 5.05. The highest BCUT2D eigenvalue weighted by molar-refractivity contribution is 7.89. The van der Waals surface area contributed by atoms with Crippen LogP contribution < -0.4 is 5.14 Å². The van der Waals surface area contributed by atoms with Crippen LogP contribution in [0.25, 0.3) is 0 Å². The van der Waals surface area contributed by atoms with Crippen LogP contribution in [0.3, 0.4) is 0 Å². The van der Waals surface area contributed by atoms with Gasteiger partial charge in [-0.15, -0.1) is 0 Å². The number of hydrogen-bond donors (Lipinski definition) is 1. The van der Waals surface area contributed by atoms with Gasteiger partial charge < -0.3 is 4.74 Å². The van der Waals surface area contributed by atoms with Crippen LogP contribution in [-0.2, 0) is 19.6 Å². The minimum absolute atomic E-state index is 0.245. The zero-order valence-corrected chi connectivity index (χ0v) is 12.4. The molecule has 0 amide bonds. The van der Waals surface area contributed by atoms with E-state index in [1.54, 1.807) is 0 Å². The van der Waals surface area contributed by atoms with Gasteiger partial charge in [0.05, 0.1) is 6.42 Å². The lowest BCUT2D eigenvalue weighted by atomic mass is 9.65.